The average Bonchev–Trinajstić information content (AvgIpc) is 1.85. The third kappa shape index (κ3) is 1.40. The van der Waals surface area contributed by atoms with Gasteiger partial charge >= 0.3 is 0 Å². The Labute approximate surface area is 80.0 Å². The molecule has 74 valence electrons. The molecule has 2 nitrogen and oxygen atoms in total. The molecule has 0 aromatic heterocycles. The molecule has 2 heteroatoms. The Hall–Kier alpha value is -0.0800. The molecule has 1 aliphatic heterocycles. The lowest BCUT2D eigenvalue weighted by molar-refractivity contribution is -0.115. The summed E-state index contributed by atoms with van der Waals surface area (Å²) >= 11 is 0. The lowest BCUT2D eigenvalue weighted by atomic mass is 9.63. The molecule has 3 fully saturated rings. The molecule has 1 saturated heterocycles. The first kappa shape index (κ1) is 8.25. The molecule has 3 aliphatic rings. The predicted octanol–water partition coefficient (Wildman–Crippen LogP) is 1.56. The van der Waals surface area contributed by atoms with E-state index in [0.29, 0.717) is 11.5 Å². The second-order valence-electron chi connectivity index (χ2n) is 5.26. The lowest BCUT2D eigenvalue weighted by Gasteiger charge is -2.54. The quantitative estimate of drug-likeness (QED) is 0.713. The van der Waals surface area contributed by atoms with Crippen molar-refractivity contribution in [3.8, 4) is 0 Å². The van der Waals surface area contributed by atoms with E-state index in [0.717, 1.165) is 12.5 Å². The summed E-state index contributed by atoms with van der Waals surface area (Å²) in [4.78, 5) is 0. The highest BCUT2D eigenvalue weighted by molar-refractivity contribution is 5.03. The van der Waals surface area contributed by atoms with Crippen molar-refractivity contribution in [3.05, 3.63) is 0 Å². The standard InChI is InChI=1S/C11H19NO/c1-2-9(3-1)6-13-10-4-11(5-10)7-12-8-11/h9-10,12H,1-8H2. The predicted molar refractivity (Wildman–Crippen MR) is 51.6 cm³/mol. The van der Waals surface area contributed by atoms with Gasteiger partial charge in [-0.2, -0.15) is 0 Å². The van der Waals surface area contributed by atoms with Crippen molar-refractivity contribution in [1.29, 1.82) is 0 Å². The normalized spacial score (nSPS) is 32.3. The Kier molecular flexibility index (Phi) is 1.88. The molecule has 0 aromatic rings. The van der Waals surface area contributed by atoms with Gasteiger partial charge in [-0.1, -0.05) is 6.42 Å². The lowest BCUT2D eigenvalue weighted by Crippen LogP contribution is -2.62. The maximum Gasteiger partial charge on any atom is 0.0587 e. The van der Waals surface area contributed by atoms with E-state index < -0.39 is 0 Å². The van der Waals surface area contributed by atoms with Crippen LogP contribution in [0.1, 0.15) is 32.1 Å². The van der Waals surface area contributed by atoms with Crippen LogP contribution in [0.15, 0.2) is 0 Å². The number of rotatable bonds is 3. The van der Waals surface area contributed by atoms with Crippen LogP contribution in [0.25, 0.3) is 0 Å². The molecule has 1 heterocycles. The Morgan fingerprint density at radius 1 is 1.23 bits per heavy atom. The summed E-state index contributed by atoms with van der Waals surface area (Å²) in [6.07, 6.45) is 7.54. The van der Waals surface area contributed by atoms with Crippen molar-refractivity contribution < 1.29 is 4.74 Å². The van der Waals surface area contributed by atoms with E-state index in [9.17, 15) is 0 Å². The fourth-order valence-electron chi connectivity index (χ4n) is 2.72. The second kappa shape index (κ2) is 2.96. The summed E-state index contributed by atoms with van der Waals surface area (Å²) in [5.41, 5.74) is 0.685. The van der Waals surface area contributed by atoms with Crippen LogP contribution in [-0.4, -0.2) is 25.8 Å². The zero-order valence-corrected chi connectivity index (χ0v) is 8.22. The monoisotopic (exact) mass is 181 g/mol. The fourth-order valence-corrected chi connectivity index (χ4v) is 2.72. The first-order valence-electron chi connectivity index (χ1n) is 5.69. The maximum absolute atomic E-state index is 5.89. The molecule has 1 spiro atoms. The van der Waals surface area contributed by atoms with Crippen LogP contribution in [0, 0.1) is 11.3 Å². The summed E-state index contributed by atoms with van der Waals surface area (Å²) in [5.74, 6) is 0.913. The highest BCUT2D eigenvalue weighted by Gasteiger charge is 2.48. The average molecular weight is 181 g/mol. The van der Waals surface area contributed by atoms with Gasteiger partial charge in [0.1, 0.15) is 0 Å². The number of hydrogen-bond acceptors (Lipinski definition) is 2. The number of nitrogens with one attached hydrogen (secondary N) is 1. The zero-order chi connectivity index (χ0) is 8.73. The molecular weight excluding hydrogens is 162 g/mol. The van der Waals surface area contributed by atoms with Crippen LogP contribution in [-0.2, 0) is 4.74 Å². The summed E-state index contributed by atoms with van der Waals surface area (Å²) in [6.45, 7) is 3.54. The van der Waals surface area contributed by atoms with Gasteiger partial charge in [0.2, 0.25) is 0 Å². The van der Waals surface area contributed by atoms with Gasteiger partial charge in [0.05, 0.1) is 6.10 Å². The van der Waals surface area contributed by atoms with Gasteiger partial charge in [-0.25, -0.2) is 0 Å². The fraction of sp³-hybridized carbons (Fsp3) is 1.00. The molecule has 0 bridgehead atoms. The van der Waals surface area contributed by atoms with Gasteiger partial charge < -0.3 is 10.1 Å². The van der Waals surface area contributed by atoms with E-state index in [1.165, 1.54) is 45.2 Å². The number of hydrogen-bond donors (Lipinski definition) is 1. The van der Waals surface area contributed by atoms with Crippen LogP contribution in [0.2, 0.25) is 0 Å². The third-order valence-corrected chi connectivity index (χ3v) is 4.11. The Bertz CT molecular complexity index is 188. The minimum Gasteiger partial charge on any atom is -0.378 e. The Morgan fingerprint density at radius 2 is 2.00 bits per heavy atom. The highest BCUT2D eigenvalue weighted by Crippen LogP contribution is 2.46. The van der Waals surface area contributed by atoms with Crippen molar-refractivity contribution in [2.75, 3.05) is 19.7 Å². The van der Waals surface area contributed by atoms with Crippen molar-refractivity contribution in [2.24, 2.45) is 11.3 Å². The topological polar surface area (TPSA) is 21.3 Å². The van der Waals surface area contributed by atoms with Crippen molar-refractivity contribution >= 4 is 0 Å². The van der Waals surface area contributed by atoms with Gasteiger partial charge in [0.25, 0.3) is 0 Å². The Morgan fingerprint density at radius 3 is 2.46 bits per heavy atom. The first-order valence-corrected chi connectivity index (χ1v) is 5.69. The summed E-state index contributed by atoms with van der Waals surface area (Å²) < 4.78 is 5.89. The van der Waals surface area contributed by atoms with E-state index in [1.807, 2.05) is 0 Å². The van der Waals surface area contributed by atoms with E-state index in [-0.39, 0.29) is 0 Å². The van der Waals surface area contributed by atoms with E-state index in [2.05, 4.69) is 5.32 Å². The molecule has 2 saturated carbocycles. The van der Waals surface area contributed by atoms with Crippen LogP contribution in [0.5, 0.6) is 0 Å². The maximum atomic E-state index is 5.89. The minimum atomic E-state index is 0.614. The molecule has 13 heavy (non-hydrogen) atoms. The van der Waals surface area contributed by atoms with Crippen LogP contribution in [0.4, 0.5) is 0 Å². The second-order valence-corrected chi connectivity index (χ2v) is 5.26. The first-order chi connectivity index (χ1) is 6.36. The van der Waals surface area contributed by atoms with Crippen LogP contribution in [0.3, 0.4) is 0 Å². The van der Waals surface area contributed by atoms with Gasteiger partial charge in [-0.3, -0.25) is 0 Å². The Balaban J connectivity index is 1.34. The van der Waals surface area contributed by atoms with Crippen molar-refractivity contribution in [3.63, 3.8) is 0 Å². The third-order valence-electron chi connectivity index (χ3n) is 4.11. The molecule has 0 aromatic carbocycles. The molecule has 0 atom stereocenters. The SMILES string of the molecule is C1CC(COC2CC3(CNC3)C2)C1. The largest absolute Gasteiger partial charge is 0.378 e. The molecule has 1 N–H and O–H groups in total. The van der Waals surface area contributed by atoms with E-state index in [1.54, 1.807) is 0 Å². The number of ether oxygens (including phenoxy) is 1. The molecule has 3 rings (SSSR count). The summed E-state index contributed by atoms with van der Waals surface area (Å²) in [5, 5.41) is 3.36. The molecule has 0 unspecified atom stereocenters. The smallest absolute Gasteiger partial charge is 0.0587 e. The van der Waals surface area contributed by atoms with E-state index >= 15 is 0 Å². The van der Waals surface area contributed by atoms with Gasteiger partial charge in [0.15, 0.2) is 0 Å². The van der Waals surface area contributed by atoms with Crippen LogP contribution >= 0.6 is 0 Å². The van der Waals surface area contributed by atoms with Gasteiger partial charge in [0, 0.05) is 25.1 Å². The minimum absolute atomic E-state index is 0.614. The molecule has 0 amide bonds. The molecular formula is C11H19NO. The van der Waals surface area contributed by atoms with E-state index in [4.69, 9.17) is 4.74 Å². The highest BCUT2D eigenvalue weighted by atomic mass is 16.5. The van der Waals surface area contributed by atoms with Crippen LogP contribution < -0.4 is 5.32 Å². The summed E-state index contributed by atoms with van der Waals surface area (Å²) in [6, 6.07) is 0. The van der Waals surface area contributed by atoms with Gasteiger partial charge in [-0.05, 0) is 31.6 Å². The van der Waals surface area contributed by atoms with Crippen molar-refractivity contribution in [1.82, 2.24) is 5.32 Å². The molecule has 2 aliphatic carbocycles. The van der Waals surface area contributed by atoms with Gasteiger partial charge in [-0.15, -0.1) is 0 Å². The van der Waals surface area contributed by atoms with Crippen molar-refractivity contribution in [2.45, 2.75) is 38.2 Å². The summed E-state index contributed by atoms with van der Waals surface area (Å²) in [7, 11) is 0. The zero-order valence-electron chi connectivity index (χ0n) is 8.22. The molecule has 0 radical (unpaired) electrons.